The van der Waals surface area contributed by atoms with Crippen LogP contribution in [0.5, 0.6) is 0 Å². The molecule has 1 aromatic rings. The highest BCUT2D eigenvalue weighted by atomic mass is 32.3. The van der Waals surface area contributed by atoms with E-state index in [2.05, 4.69) is 0 Å². The van der Waals surface area contributed by atoms with Crippen molar-refractivity contribution in [2.45, 2.75) is 44.4 Å². The second-order valence-electron chi connectivity index (χ2n) is 6.18. The Bertz CT molecular complexity index is 697. The van der Waals surface area contributed by atoms with Gasteiger partial charge in [-0.1, -0.05) is 24.6 Å². The lowest BCUT2D eigenvalue weighted by Crippen LogP contribution is -2.30. The summed E-state index contributed by atoms with van der Waals surface area (Å²) in [7, 11) is -6.07. The van der Waals surface area contributed by atoms with Crippen molar-refractivity contribution in [1.82, 2.24) is 0 Å². The average Bonchev–Trinajstić information content (AvgIpc) is 2.50. The third-order valence-electron chi connectivity index (χ3n) is 4.00. The lowest BCUT2D eigenvalue weighted by molar-refractivity contribution is -0.119. The number of carbonyl (C=O) groups is 2. The number of ketones is 2. The molecule has 0 spiro atoms. The van der Waals surface area contributed by atoms with Gasteiger partial charge in [-0.25, -0.2) is 3.63 Å². The lowest BCUT2D eigenvalue weighted by atomic mass is 10.2. The summed E-state index contributed by atoms with van der Waals surface area (Å²) in [6.07, 6.45) is 1.71. The molecule has 1 aromatic carbocycles. The maximum Gasteiger partial charge on any atom is 0.306 e. The number of hydrogen-bond donors (Lipinski definition) is 0. The van der Waals surface area contributed by atoms with E-state index in [1.54, 1.807) is 12.1 Å². The minimum absolute atomic E-state index is 0.0148. The number of aryl methyl sites for hydroxylation is 1. The molecular formula is C17H24O5S2. The topological polar surface area (TPSA) is 77.5 Å². The molecule has 0 aromatic heterocycles. The summed E-state index contributed by atoms with van der Waals surface area (Å²) in [5.74, 6) is 0.955. The van der Waals surface area contributed by atoms with Crippen molar-refractivity contribution in [2.75, 3.05) is 17.3 Å². The molecule has 0 aliphatic carbocycles. The molecule has 5 nitrogen and oxygen atoms in total. The fourth-order valence-corrected chi connectivity index (χ4v) is 8.11. The highest BCUT2D eigenvalue weighted by Crippen LogP contribution is 2.54. The average molecular weight is 373 g/mol. The minimum atomic E-state index is -3.94. The van der Waals surface area contributed by atoms with E-state index in [0.29, 0.717) is 17.9 Å². The van der Waals surface area contributed by atoms with Crippen molar-refractivity contribution in [3.05, 3.63) is 29.8 Å². The SMILES string of the molecule is CCCC(=O)CS1(OS(=O)(=O)c2ccc(C)cc2)CCC(=O)CC1. The predicted molar refractivity (Wildman–Crippen MR) is 95.8 cm³/mol. The van der Waals surface area contributed by atoms with E-state index in [1.807, 2.05) is 13.8 Å². The number of hydrogen-bond acceptors (Lipinski definition) is 5. The first-order chi connectivity index (χ1) is 11.3. The highest BCUT2D eigenvalue weighted by molar-refractivity contribution is 8.33. The Morgan fingerprint density at radius 3 is 2.29 bits per heavy atom. The van der Waals surface area contributed by atoms with E-state index in [-0.39, 0.29) is 35.1 Å². The van der Waals surface area contributed by atoms with Crippen molar-refractivity contribution < 1.29 is 21.6 Å². The highest BCUT2D eigenvalue weighted by Gasteiger charge is 2.37. The predicted octanol–water partition coefficient (Wildman–Crippen LogP) is 3.15. The van der Waals surface area contributed by atoms with Gasteiger partial charge in [-0.15, -0.1) is 10.3 Å². The lowest BCUT2D eigenvalue weighted by Gasteiger charge is -2.40. The van der Waals surface area contributed by atoms with Gasteiger partial charge in [-0.05, 0) is 25.5 Å². The van der Waals surface area contributed by atoms with E-state index in [4.69, 9.17) is 3.63 Å². The van der Waals surface area contributed by atoms with Crippen molar-refractivity contribution >= 4 is 32.0 Å². The van der Waals surface area contributed by atoms with Gasteiger partial charge >= 0.3 is 10.1 Å². The number of benzene rings is 1. The van der Waals surface area contributed by atoms with Crippen molar-refractivity contribution in [2.24, 2.45) is 0 Å². The van der Waals surface area contributed by atoms with Crippen LogP contribution < -0.4 is 0 Å². The largest absolute Gasteiger partial charge is 0.306 e. The van der Waals surface area contributed by atoms with Crippen molar-refractivity contribution in [3.63, 3.8) is 0 Å². The number of Topliss-reactive ketones (excluding diaryl/α,β-unsaturated/α-hetero) is 2. The van der Waals surface area contributed by atoms with Crippen LogP contribution in [0, 0.1) is 6.92 Å². The molecule has 1 saturated heterocycles. The smallest absolute Gasteiger partial charge is 0.300 e. The Morgan fingerprint density at radius 1 is 1.17 bits per heavy atom. The van der Waals surface area contributed by atoms with Gasteiger partial charge in [0.05, 0.1) is 10.6 Å². The first-order valence-electron chi connectivity index (χ1n) is 8.09. The Hall–Kier alpha value is -1.18. The monoisotopic (exact) mass is 372 g/mol. The molecule has 0 N–H and O–H groups in total. The maximum absolute atomic E-state index is 12.6. The van der Waals surface area contributed by atoms with Crippen LogP contribution in [0.25, 0.3) is 0 Å². The summed E-state index contributed by atoms with van der Waals surface area (Å²) in [5, 5.41) is 0. The Kier molecular flexibility index (Phi) is 6.22. The summed E-state index contributed by atoms with van der Waals surface area (Å²) in [4.78, 5) is 23.8. The van der Waals surface area contributed by atoms with E-state index in [9.17, 15) is 18.0 Å². The molecule has 1 aliphatic heterocycles. The fraction of sp³-hybridized carbons (Fsp3) is 0.529. The van der Waals surface area contributed by atoms with E-state index >= 15 is 0 Å². The van der Waals surface area contributed by atoms with Crippen LogP contribution in [0.2, 0.25) is 0 Å². The molecule has 1 heterocycles. The standard InChI is InChI=1S/C17H24O5S2/c1-3-4-16(19)13-23(11-9-15(18)10-12-23)22-24(20,21)17-7-5-14(2)6-8-17/h5-8H,3-4,9-13H2,1-2H3. The Labute approximate surface area is 145 Å². The molecule has 1 aliphatic rings. The minimum Gasteiger partial charge on any atom is -0.300 e. The first-order valence-corrected chi connectivity index (χ1v) is 11.6. The molecule has 0 amide bonds. The van der Waals surface area contributed by atoms with Gasteiger partial charge in [-0.2, -0.15) is 8.42 Å². The summed E-state index contributed by atoms with van der Waals surface area (Å²) in [6.45, 7) is 3.79. The van der Waals surface area contributed by atoms with Crippen LogP contribution >= 0.6 is 10.3 Å². The third-order valence-corrected chi connectivity index (χ3v) is 9.47. The van der Waals surface area contributed by atoms with Crippen LogP contribution in [0.4, 0.5) is 0 Å². The molecule has 0 unspecified atom stereocenters. The van der Waals surface area contributed by atoms with Gasteiger partial charge in [-0.3, -0.25) is 9.59 Å². The van der Waals surface area contributed by atoms with Gasteiger partial charge in [0.25, 0.3) is 0 Å². The third kappa shape index (κ3) is 4.91. The van der Waals surface area contributed by atoms with E-state index < -0.39 is 20.4 Å². The molecule has 7 heteroatoms. The summed E-state index contributed by atoms with van der Waals surface area (Å²) < 4.78 is 30.9. The second-order valence-corrected chi connectivity index (χ2v) is 11.1. The van der Waals surface area contributed by atoms with Crippen LogP contribution in [-0.2, 0) is 23.3 Å². The van der Waals surface area contributed by atoms with Gasteiger partial charge < -0.3 is 0 Å². The zero-order chi connectivity index (χ0) is 17.8. The van der Waals surface area contributed by atoms with Crippen molar-refractivity contribution in [1.29, 1.82) is 0 Å². The molecule has 0 atom stereocenters. The van der Waals surface area contributed by atoms with E-state index in [1.165, 1.54) is 12.1 Å². The molecule has 134 valence electrons. The molecule has 0 bridgehead atoms. The number of rotatable bonds is 7. The number of carbonyl (C=O) groups excluding carboxylic acids is 2. The molecular weight excluding hydrogens is 348 g/mol. The molecule has 0 radical (unpaired) electrons. The maximum atomic E-state index is 12.6. The summed E-state index contributed by atoms with van der Waals surface area (Å²) >= 11 is 0. The van der Waals surface area contributed by atoms with Gasteiger partial charge in [0, 0.05) is 30.8 Å². The quantitative estimate of drug-likeness (QED) is 0.735. The first kappa shape index (κ1) is 19.1. The van der Waals surface area contributed by atoms with Gasteiger partial charge in [0.1, 0.15) is 11.6 Å². The van der Waals surface area contributed by atoms with Gasteiger partial charge in [0.2, 0.25) is 0 Å². The van der Waals surface area contributed by atoms with Crippen LogP contribution in [0.3, 0.4) is 0 Å². The summed E-state index contributed by atoms with van der Waals surface area (Å²) in [5.41, 5.74) is 0.956. The molecule has 24 heavy (non-hydrogen) atoms. The second kappa shape index (κ2) is 7.80. The van der Waals surface area contributed by atoms with Gasteiger partial charge in [0.15, 0.2) is 0 Å². The Balaban J connectivity index is 2.25. The van der Waals surface area contributed by atoms with E-state index in [0.717, 1.165) is 12.0 Å². The van der Waals surface area contributed by atoms with Crippen LogP contribution in [0.15, 0.2) is 29.2 Å². The molecule has 1 fully saturated rings. The fourth-order valence-electron chi connectivity index (χ4n) is 2.64. The van der Waals surface area contributed by atoms with Crippen LogP contribution in [0.1, 0.15) is 38.2 Å². The van der Waals surface area contributed by atoms with Crippen molar-refractivity contribution in [3.8, 4) is 0 Å². The molecule has 2 rings (SSSR count). The normalized spacial score (nSPS) is 19.0. The Morgan fingerprint density at radius 2 is 1.75 bits per heavy atom. The molecule has 0 saturated carbocycles. The van der Waals surface area contributed by atoms with Crippen LogP contribution in [-0.4, -0.2) is 37.2 Å². The zero-order valence-corrected chi connectivity index (χ0v) is 15.7. The summed E-state index contributed by atoms with van der Waals surface area (Å²) in [6, 6.07) is 6.45. The zero-order valence-electron chi connectivity index (χ0n) is 14.1.